The summed E-state index contributed by atoms with van der Waals surface area (Å²) in [7, 11) is 3.27. The third-order valence-electron chi connectivity index (χ3n) is 3.25. The van der Waals surface area contributed by atoms with Crippen molar-refractivity contribution in [3.63, 3.8) is 0 Å². The number of likely N-dealkylation sites (N-methyl/N-ethyl adjacent to an activating group) is 1. The smallest absolute Gasteiger partial charge is 0.411 e. The lowest BCUT2D eigenvalue weighted by Gasteiger charge is -2.21. The van der Waals surface area contributed by atoms with Crippen molar-refractivity contribution in [2.75, 3.05) is 20.8 Å². The molecule has 2 unspecified atom stereocenters. The van der Waals surface area contributed by atoms with Gasteiger partial charge in [0.1, 0.15) is 12.4 Å². The predicted octanol–water partition coefficient (Wildman–Crippen LogP) is 2.46. The predicted molar refractivity (Wildman–Crippen MR) is 64.3 cm³/mol. The topological polar surface area (TPSA) is 30.5 Å². The largest absolute Gasteiger partial charge is 0.497 e. The van der Waals surface area contributed by atoms with E-state index in [1.54, 1.807) is 20.2 Å². The van der Waals surface area contributed by atoms with E-state index < -0.39 is 18.9 Å². The van der Waals surface area contributed by atoms with Crippen LogP contribution in [0.25, 0.3) is 0 Å². The van der Waals surface area contributed by atoms with Crippen LogP contribution in [-0.4, -0.2) is 33.0 Å². The van der Waals surface area contributed by atoms with E-state index in [0.717, 1.165) is 11.1 Å². The standard InChI is InChI=1S/C13H16F3NO2/c1-17-12-10-6-9(18-2)4-3-8(10)5-11(12)19-7-13(14,15)16/h3-4,6,11-12,17H,5,7H2,1-2H3. The molecule has 1 aromatic carbocycles. The number of alkyl halides is 3. The Hall–Kier alpha value is -1.27. The van der Waals surface area contributed by atoms with Crippen LogP contribution in [0, 0.1) is 0 Å². The third kappa shape index (κ3) is 3.19. The number of methoxy groups -OCH3 is 1. The summed E-state index contributed by atoms with van der Waals surface area (Å²) in [4.78, 5) is 0. The number of nitrogens with one attached hydrogen (secondary N) is 1. The maximum atomic E-state index is 12.2. The fraction of sp³-hybridized carbons (Fsp3) is 0.538. The Morgan fingerprint density at radius 2 is 2.11 bits per heavy atom. The second-order valence-corrected chi connectivity index (χ2v) is 4.50. The Morgan fingerprint density at radius 3 is 2.68 bits per heavy atom. The van der Waals surface area contributed by atoms with E-state index in [9.17, 15) is 13.2 Å². The molecule has 0 spiro atoms. The fourth-order valence-electron chi connectivity index (χ4n) is 2.41. The van der Waals surface area contributed by atoms with Gasteiger partial charge in [-0.05, 0) is 30.3 Å². The van der Waals surface area contributed by atoms with Crippen LogP contribution in [0.15, 0.2) is 18.2 Å². The van der Waals surface area contributed by atoms with Gasteiger partial charge in [-0.25, -0.2) is 0 Å². The average molecular weight is 275 g/mol. The van der Waals surface area contributed by atoms with Crippen molar-refractivity contribution >= 4 is 0 Å². The van der Waals surface area contributed by atoms with Gasteiger partial charge in [0.05, 0.1) is 19.3 Å². The van der Waals surface area contributed by atoms with Crippen molar-refractivity contribution in [3.8, 4) is 5.75 Å². The van der Waals surface area contributed by atoms with Gasteiger partial charge < -0.3 is 14.8 Å². The summed E-state index contributed by atoms with van der Waals surface area (Å²) in [6.07, 6.45) is -4.33. The maximum Gasteiger partial charge on any atom is 0.411 e. The second-order valence-electron chi connectivity index (χ2n) is 4.50. The molecule has 0 amide bonds. The highest BCUT2D eigenvalue weighted by Crippen LogP contribution is 2.36. The minimum atomic E-state index is -4.30. The maximum absolute atomic E-state index is 12.2. The van der Waals surface area contributed by atoms with E-state index in [-0.39, 0.29) is 6.04 Å². The van der Waals surface area contributed by atoms with Gasteiger partial charge in [-0.15, -0.1) is 0 Å². The quantitative estimate of drug-likeness (QED) is 0.915. The van der Waals surface area contributed by atoms with Crippen LogP contribution in [0.3, 0.4) is 0 Å². The molecule has 2 rings (SSSR count). The van der Waals surface area contributed by atoms with Crippen LogP contribution in [0.1, 0.15) is 17.2 Å². The van der Waals surface area contributed by atoms with Gasteiger partial charge in [0.15, 0.2) is 0 Å². The molecule has 2 atom stereocenters. The highest BCUT2D eigenvalue weighted by atomic mass is 19.4. The lowest BCUT2D eigenvalue weighted by Crippen LogP contribution is -2.31. The molecular weight excluding hydrogens is 259 g/mol. The van der Waals surface area contributed by atoms with Gasteiger partial charge in [-0.3, -0.25) is 0 Å². The van der Waals surface area contributed by atoms with E-state index >= 15 is 0 Å². The SMILES string of the molecule is CNC1c2cc(OC)ccc2CC1OCC(F)(F)F. The van der Waals surface area contributed by atoms with Crippen LogP contribution in [0.2, 0.25) is 0 Å². The van der Waals surface area contributed by atoms with Crippen molar-refractivity contribution < 1.29 is 22.6 Å². The Labute approximate surface area is 109 Å². The van der Waals surface area contributed by atoms with Gasteiger partial charge in [-0.1, -0.05) is 6.07 Å². The molecule has 1 aliphatic carbocycles. The summed E-state index contributed by atoms with van der Waals surface area (Å²) in [5.74, 6) is 0.690. The van der Waals surface area contributed by atoms with Crippen LogP contribution in [0.4, 0.5) is 13.2 Å². The minimum Gasteiger partial charge on any atom is -0.497 e. The van der Waals surface area contributed by atoms with Crippen molar-refractivity contribution in [2.24, 2.45) is 0 Å². The molecule has 3 nitrogen and oxygen atoms in total. The monoisotopic (exact) mass is 275 g/mol. The summed E-state index contributed by atoms with van der Waals surface area (Å²) in [6.45, 7) is -1.22. The molecule has 0 aliphatic heterocycles. The first-order chi connectivity index (χ1) is 8.94. The van der Waals surface area contributed by atoms with Crippen LogP contribution < -0.4 is 10.1 Å². The van der Waals surface area contributed by atoms with Gasteiger partial charge in [0.25, 0.3) is 0 Å². The highest BCUT2D eigenvalue weighted by molar-refractivity contribution is 5.42. The molecule has 6 heteroatoms. The molecular formula is C13H16F3NO2. The van der Waals surface area contributed by atoms with Crippen molar-refractivity contribution in [1.82, 2.24) is 5.32 Å². The van der Waals surface area contributed by atoms with Crippen molar-refractivity contribution in [3.05, 3.63) is 29.3 Å². The van der Waals surface area contributed by atoms with Crippen LogP contribution >= 0.6 is 0 Å². The normalized spacial score (nSPS) is 22.4. The number of benzene rings is 1. The molecule has 1 aromatic rings. The van der Waals surface area contributed by atoms with Gasteiger partial charge >= 0.3 is 6.18 Å². The van der Waals surface area contributed by atoms with Crippen LogP contribution in [0.5, 0.6) is 5.75 Å². The van der Waals surface area contributed by atoms with E-state index in [1.807, 2.05) is 12.1 Å². The zero-order valence-corrected chi connectivity index (χ0v) is 10.8. The lowest BCUT2D eigenvalue weighted by atomic mass is 10.1. The van der Waals surface area contributed by atoms with Crippen molar-refractivity contribution in [2.45, 2.75) is 24.7 Å². The van der Waals surface area contributed by atoms with E-state index in [1.165, 1.54) is 0 Å². The second kappa shape index (κ2) is 5.38. The van der Waals surface area contributed by atoms with E-state index in [4.69, 9.17) is 9.47 Å². The number of hydrogen-bond acceptors (Lipinski definition) is 3. The third-order valence-corrected chi connectivity index (χ3v) is 3.25. The molecule has 0 fully saturated rings. The van der Waals surface area contributed by atoms with E-state index in [0.29, 0.717) is 12.2 Å². The number of rotatable bonds is 4. The Morgan fingerprint density at radius 1 is 1.37 bits per heavy atom. The molecule has 0 bridgehead atoms. The summed E-state index contributed by atoms with van der Waals surface area (Å²) in [6, 6.07) is 5.27. The van der Waals surface area contributed by atoms with Crippen molar-refractivity contribution in [1.29, 1.82) is 0 Å². The highest BCUT2D eigenvalue weighted by Gasteiger charge is 2.36. The molecule has 106 valence electrons. The first kappa shape index (κ1) is 14.1. The number of ether oxygens (including phenoxy) is 2. The Bertz CT molecular complexity index is 448. The molecule has 0 radical (unpaired) electrons. The zero-order valence-electron chi connectivity index (χ0n) is 10.8. The number of hydrogen-bond donors (Lipinski definition) is 1. The molecule has 0 heterocycles. The minimum absolute atomic E-state index is 0.243. The molecule has 1 N–H and O–H groups in total. The van der Waals surface area contributed by atoms with Gasteiger partial charge in [0.2, 0.25) is 0 Å². The molecule has 0 saturated heterocycles. The number of halogens is 3. The summed E-state index contributed by atoms with van der Waals surface area (Å²) in [5.41, 5.74) is 1.93. The Balaban J connectivity index is 2.14. The lowest BCUT2D eigenvalue weighted by molar-refractivity contribution is -0.187. The zero-order chi connectivity index (χ0) is 14.0. The van der Waals surface area contributed by atoms with Gasteiger partial charge in [0, 0.05) is 6.42 Å². The van der Waals surface area contributed by atoms with Crippen LogP contribution in [-0.2, 0) is 11.2 Å². The summed E-state index contributed by atoms with van der Waals surface area (Å²) >= 11 is 0. The van der Waals surface area contributed by atoms with E-state index in [2.05, 4.69) is 5.32 Å². The molecule has 19 heavy (non-hydrogen) atoms. The fourth-order valence-corrected chi connectivity index (χ4v) is 2.41. The average Bonchev–Trinajstić information content (AvgIpc) is 2.71. The molecule has 0 aromatic heterocycles. The molecule has 1 aliphatic rings. The summed E-state index contributed by atoms with van der Waals surface area (Å²) in [5, 5.41) is 3.01. The number of fused-ring (bicyclic) bond motifs is 1. The van der Waals surface area contributed by atoms with Gasteiger partial charge in [-0.2, -0.15) is 13.2 Å². The Kier molecular flexibility index (Phi) is 4.01. The molecule has 0 saturated carbocycles. The first-order valence-electron chi connectivity index (χ1n) is 5.97. The first-order valence-corrected chi connectivity index (χ1v) is 5.97. The summed E-state index contributed by atoms with van der Waals surface area (Å²) < 4.78 is 46.8.